The van der Waals surface area contributed by atoms with E-state index in [0.717, 1.165) is 32.5 Å². The zero-order valence-corrected chi connectivity index (χ0v) is 15.3. The van der Waals surface area contributed by atoms with E-state index in [1.54, 1.807) is 12.3 Å². The number of rotatable bonds is 6. The highest BCUT2D eigenvalue weighted by molar-refractivity contribution is 9.10. The van der Waals surface area contributed by atoms with Crippen molar-refractivity contribution in [3.63, 3.8) is 0 Å². The molecular formula is C19H18BrN3O2. The number of ether oxygens (including phenoxy) is 1. The van der Waals surface area contributed by atoms with E-state index in [4.69, 9.17) is 4.74 Å². The maximum atomic E-state index is 11.1. The Labute approximate surface area is 154 Å². The molecule has 2 N–H and O–H groups in total. The molecule has 0 saturated heterocycles. The van der Waals surface area contributed by atoms with Crippen LogP contribution in [0.2, 0.25) is 0 Å². The molecule has 2 aromatic carbocycles. The highest BCUT2D eigenvalue weighted by atomic mass is 79.9. The number of aromatic nitrogens is 1. The predicted molar refractivity (Wildman–Crippen MR) is 104 cm³/mol. The van der Waals surface area contributed by atoms with Crippen molar-refractivity contribution >= 4 is 44.1 Å². The molecule has 0 fully saturated rings. The van der Waals surface area contributed by atoms with Crippen LogP contribution in [-0.4, -0.2) is 24.0 Å². The van der Waals surface area contributed by atoms with E-state index in [0.29, 0.717) is 13.2 Å². The molecule has 3 rings (SSSR count). The Morgan fingerprint density at radius 3 is 2.88 bits per heavy atom. The van der Waals surface area contributed by atoms with Gasteiger partial charge in [0, 0.05) is 47.0 Å². The number of carbonyl (C=O) groups excluding carboxylic acids is 1. The topological polar surface area (TPSA) is 63.2 Å². The number of para-hydroxylation sites is 1. The van der Waals surface area contributed by atoms with Gasteiger partial charge in [0.25, 0.3) is 0 Å². The SMILES string of the molecule is CC(=O)Nc1cccc(OCCNc2ccnc3c(Br)cccc23)c1. The number of benzene rings is 2. The van der Waals surface area contributed by atoms with Gasteiger partial charge in [-0.25, -0.2) is 0 Å². The zero-order valence-electron chi connectivity index (χ0n) is 13.8. The molecule has 1 aromatic heterocycles. The van der Waals surface area contributed by atoms with Crippen molar-refractivity contribution in [2.45, 2.75) is 6.92 Å². The number of carbonyl (C=O) groups is 1. The molecule has 0 radical (unpaired) electrons. The summed E-state index contributed by atoms with van der Waals surface area (Å²) in [5.41, 5.74) is 2.67. The summed E-state index contributed by atoms with van der Waals surface area (Å²) in [6, 6.07) is 15.3. The van der Waals surface area contributed by atoms with Gasteiger partial charge in [-0.3, -0.25) is 9.78 Å². The second kappa shape index (κ2) is 7.98. The van der Waals surface area contributed by atoms with Crippen LogP contribution in [0.5, 0.6) is 5.75 Å². The number of halogens is 1. The highest BCUT2D eigenvalue weighted by Crippen LogP contribution is 2.27. The van der Waals surface area contributed by atoms with Crippen molar-refractivity contribution in [1.82, 2.24) is 4.98 Å². The monoisotopic (exact) mass is 399 g/mol. The fourth-order valence-electron chi connectivity index (χ4n) is 2.52. The lowest BCUT2D eigenvalue weighted by Gasteiger charge is -2.12. The number of anilines is 2. The highest BCUT2D eigenvalue weighted by Gasteiger charge is 2.04. The molecular weight excluding hydrogens is 382 g/mol. The summed E-state index contributed by atoms with van der Waals surface area (Å²) in [7, 11) is 0. The number of hydrogen-bond acceptors (Lipinski definition) is 4. The third-order valence-electron chi connectivity index (χ3n) is 3.56. The molecule has 0 aliphatic carbocycles. The molecule has 5 nitrogen and oxygen atoms in total. The molecule has 0 aliphatic rings. The van der Waals surface area contributed by atoms with Gasteiger partial charge in [0.1, 0.15) is 12.4 Å². The van der Waals surface area contributed by atoms with E-state index in [2.05, 4.69) is 31.5 Å². The number of amides is 1. The standard InChI is InChI=1S/C19H18BrN3O2/c1-13(24)23-14-4-2-5-15(12-14)25-11-10-21-18-8-9-22-19-16(18)6-3-7-17(19)20/h2-9,12H,10-11H2,1H3,(H,21,22)(H,23,24). The minimum absolute atomic E-state index is 0.102. The molecule has 128 valence electrons. The first-order chi connectivity index (χ1) is 12.1. The van der Waals surface area contributed by atoms with Crippen LogP contribution in [0.25, 0.3) is 10.9 Å². The maximum Gasteiger partial charge on any atom is 0.221 e. The van der Waals surface area contributed by atoms with Crippen molar-refractivity contribution in [1.29, 1.82) is 0 Å². The molecule has 25 heavy (non-hydrogen) atoms. The first-order valence-electron chi connectivity index (χ1n) is 7.91. The Kier molecular flexibility index (Phi) is 5.50. The van der Waals surface area contributed by atoms with Crippen LogP contribution in [0.1, 0.15) is 6.92 Å². The summed E-state index contributed by atoms with van der Waals surface area (Å²) >= 11 is 3.52. The molecule has 0 unspecified atom stereocenters. The van der Waals surface area contributed by atoms with Crippen molar-refractivity contribution in [3.8, 4) is 5.75 Å². The number of pyridine rings is 1. The van der Waals surface area contributed by atoms with Crippen molar-refractivity contribution in [2.75, 3.05) is 23.8 Å². The summed E-state index contributed by atoms with van der Waals surface area (Å²) in [5, 5.41) is 7.18. The smallest absolute Gasteiger partial charge is 0.221 e. The average Bonchev–Trinajstić information content (AvgIpc) is 2.59. The van der Waals surface area contributed by atoms with Gasteiger partial charge >= 0.3 is 0 Å². The average molecular weight is 400 g/mol. The molecule has 1 heterocycles. The third kappa shape index (κ3) is 4.48. The Bertz CT molecular complexity index is 899. The summed E-state index contributed by atoms with van der Waals surface area (Å²) < 4.78 is 6.72. The normalized spacial score (nSPS) is 10.5. The Balaban J connectivity index is 1.59. The van der Waals surface area contributed by atoms with Gasteiger partial charge in [0.15, 0.2) is 0 Å². The molecule has 0 atom stereocenters. The summed E-state index contributed by atoms with van der Waals surface area (Å²) in [6.07, 6.45) is 1.78. The second-order valence-electron chi connectivity index (χ2n) is 5.48. The molecule has 0 aliphatic heterocycles. The molecule has 1 amide bonds. The maximum absolute atomic E-state index is 11.1. The lowest BCUT2D eigenvalue weighted by Crippen LogP contribution is -2.12. The van der Waals surface area contributed by atoms with Crippen LogP contribution in [0.3, 0.4) is 0 Å². The van der Waals surface area contributed by atoms with E-state index in [1.807, 2.05) is 42.5 Å². The first-order valence-corrected chi connectivity index (χ1v) is 8.70. The fourth-order valence-corrected chi connectivity index (χ4v) is 2.98. The quantitative estimate of drug-likeness (QED) is 0.601. The van der Waals surface area contributed by atoms with Crippen molar-refractivity contribution in [2.24, 2.45) is 0 Å². The Morgan fingerprint density at radius 2 is 2.04 bits per heavy atom. The van der Waals surface area contributed by atoms with Crippen LogP contribution in [-0.2, 0) is 4.79 Å². The number of fused-ring (bicyclic) bond motifs is 1. The lowest BCUT2D eigenvalue weighted by atomic mass is 10.2. The molecule has 6 heteroatoms. The van der Waals surface area contributed by atoms with E-state index in [9.17, 15) is 4.79 Å². The van der Waals surface area contributed by atoms with Gasteiger partial charge < -0.3 is 15.4 Å². The van der Waals surface area contributed by atoms with Gasteiger partial charge in [-0.15, -0.1) is 0 Å². The van der Waals surface area contributed by atoms with Crippen LogP contribution in [0.4, 0.5) is 11.4 Å². The third-order valence-corrected chi connectivity index (χ3v) is 4.20. The number of nitrogens with one attached hydrogen (secondary N) is 2. The first kappa shape index (κ1) is 17.2. The van der Waals surface area contributed by atoms with E-state index >= 15 is 0 Å². The van der Waals surface area contributed by atoms with Crippen LogP contribution >= 0.6 is 15.9 Å². The lowest BCUT2D eigenvalue weighted by molar-refractivity contribution is -0.114. The molecule has 3 aromatic rings. The van der Waals surface area contributed by atoms with Crippen LogP contribution in [0, 0.1) is 0 Å². The molecule has 0 bridgehead atoms. The van der Waals surface area contributed by atoms with Crippen LogP contribution in [0.15, 0.2) is 59.2 Å². The van der Waals surface area contributed by atoms with Gasteiger partial charge in [-0.1, -0.05) is 18.2 Å². The van der Waals surface area contributed by atoms with E-state index in [-0.39, 0.29) is 5.91 Å². The molecule has 0 spiro atoms. The minimum Gasteiger partial charge on any atom is -0.492 e. The summed E-state index contributed by atoms with van der Waals surface area (Å²) in [5.74, 6) is 0.616. The predicted octanol–water partition coefficient (Wildman–Crippen LogP) is 4.45. The number of hydrogen-bond donors (Lipinski definition) is 2. The van der Waals surface area contributed by atoms with Gasteiger partial charge in [0.2, 0.25) is 5.91 Å². The van der Waals surface area contributed by atoms with Crippen molar-refractivity contribution < 1.29 is 9.53 Å². The van der Waals surface area contributed by atoms with E-state index < -0.39 is 0 Å². The minimum atomic E-state index is -0.102. The zero-order chi connectivity index (χ0) is 17.6. The van der Waals surface area contributed by atoms with Crippen molar-refractivity contribution in [3.05, 3.63) is 59.2 Å². The summed E-state index contributed by atoms with van der Waals surface area (Å²) in [6.45, 7) is 2.63. The van der Waals surface area contributed by atoms with Gasteiger partial charge in [-0.05, 0) is 40.2 Å². The largest absolute Gasteiger partial charge is 0.492 e. The van der Waals surface area contributed by atoms with Gasteiger partial charge in [-0.2, -0.15) is 0 Å². The number of nitrogens with zero attached hydrogens (tertiary/aromatic N) is 1. The fraction of sp³-hybridized carbons (Fsp3) is 0.158. The Morgan fingerprint density at radius 1 is 1.20 bits per heavy atom. The Hall–Kier alpha value is -2.60. The van der Waals surface area contributed by atoms with Gasteiger partial charge in [0.05, 0.1) is 5.52 Å². The molecule has 0 saturated carbocycles. The van der Waals surface area contributed by atoms with E-state index in [1.165, 1.54) is 6.92 Å². The van der Waals surface area contributed by atoms with Crippen LogP contribution < -0.4 is 15.4 Å². The second-order valence-corrected chi connectivity index (χ2v) is 6.33. The summed E-state index contributed by atoms with van der Waals surface area (Å²) in [4.78, 5) is 15.5.